The molecule has 0 aliphatic rings. The Kier molecular flexibility index (Phi) is 5.21. The van der Waals surface area contributed by atoms with Crippen molar-refractivity contribution in [2.45, 2.75) is 13.2 Å². The number of esters is 1. The van der Waals surface area contributed by atoms with Crippen LogP contribution < -0.4 is 5.56 Å². The third-order valence-corrected chi connectivity index (χ3v) is 4.40. The summed E-state index contributed by atoms with van der Waals surface area (Å²) >= 11 is 11.7. The van der Waals surface area contributed by atoms with Crippen molar-refractivity contribution in [1.29, 1.82) is 5.26 Å². The van der Waals surface area contributed by atoms with Gasteiger partial charge in [-0.15, -0.1) is 0 Å². The largest absolute Gasteiger partial charge is 0.454 e. The Hall–Kier alpha value is -2.88. The molecule has 0 atom stereocenters. The van der Waals surface area contributed by atoms with Crippen LogP contribution in [0.25, 0.3) is 10.9 Å². The molecule has 0 radical (unpaired) electrons. The van der Waals surface area contributed by atoms with E-state index >= 15 is 0 Å². The third-order valence-electron chi connectivity index (χ3n) is 3.66. The molecule has 0 unspecified atom stereocenters. The van der Waals surface area contributed by atoms with Crippen LogP contribution in [0, 0.1) is 11.3 Å². The highest BCUT2D eigenvalue weighted by Crippen LogP contribution is 2.23. The average Bonchev–Trinajstić information content (AvgIpc) is 2.64. The fourth-order valence-electron chi connectivity index (χ4n) is 2.39. The maximum atomic E-state index is 12.5. The second kappa shape index (κ2) is 7.56. The van der Waals surface area contributed by atoms with Gasteiger partial charge in [0.25, 0.3) is 5.56 Å². The molecule has 0 fully saturated rings. The maximum absolute atomic E-state index is 12.5. The summed E-state index contributed by atoms with van der Waals surface area (Å²) in [7, 11) is 0. The Morgan fingerprint density at radius 1 is 1.19 bits per heavy atom. The van der Waals surface area contributed by atoms with E-state index in [1.165, 1.54) is 22.8 Å². The smallest absolute Gasteiger partial charge is 0.338 e. The molecule has 0 aliphatic carbocycles. The number of nitrogens with zero attached hydrogens (tertiary/aromatic N) is 3. The molecule has 0 saturated heterocycles. The minimum absolute atomic E-state index is 0.184. The number of para-hydroxylation sites is 1. The van der Waals surface area contributed by atoms with E-state index in [2.05, 4.69) is 4.98 Å². The number of hydrogen-bond acceptors (Lipinski definition) is 5. The highest BCUT2D eigenvalue weighted by Gasteiger charge is 2.14. The number of ether oxygens (including phenoxy) is 1. The van der Waals surface area contributed by atoms with E-state index in [4.69, 9.17) is 33.2 Å². The van der Waals surface area contributed by atoms with Gasteiger partial charge >= 0.3 is 5.97 Å². The highest BCUT2D eigenvalue weighted by atomic mass is 35.5. The van der Waals surface area contributed by atoms with Gasteiger partial charge in [0.15, 0.2) is 5.82 Å². The van der Waals surface area contributed by atoms with Gasteiger partial charge in [0.05, 0.1) is 32.6 Å². The first kappa shape index (κ1) is 17.9. The molecule has 0 saturated carbocycles. The summed E-state index contributed by atoms with van der Waals surface area (Å²) < 4.78 is 6.41. The number of carbonyl (C=O) groups is 1. The molecule has 8 heteroatoms. The summed E-state index contributed by atoms with van der Waals surface area (Å²) in [6.45, 7) is -0.461. The lowest BCUT2D eigenvalue weighted by molar-refractivity contribution is 0.0457. The Balaban J connectivity index is 1.91. The lowest BCUT2D eigenvalue weighted by Crippen LogP contribution is -2.26. The molecule has 1 aromatic heterocycles. The van der Waals surface area contributed by atoms with Crippen molar-refractivity contribution >= 4 is 40.1 Å². The SMILES string of the molecule is N#CCn1c(COC(=O)c2ccc(Cl)c(Cl)c2)nc2ccccc2c1=O. The first-order chi connectivity index (χ1) is 12.5. The van der Waals surface area contributed by atoms with Gasteiger partial charge in [0.1, 0.15) is 13.2 Å². The molecule has 0 amide bonds. The number of rotatable bonds is 4. The molecular weight excluding hydrogens is 377 g/mol. The summed E-state index contributed by atoms with van der Waals surface area (Å²) in [6, 6.07) is 13.0. The number of aromatic nitrogens is 2. The van der Waals surface area contributed by atoms with Crippen molar-refractivity contribution in [2.75, 3.05) is 0 Å². The molecule has 6 nitrogen and oxygen atoms in total. The number of nitriles is 1. The summed E-state index contributed by atoms with van der Waals surface area (Å²) in [4.78, 5) is 29.1. The van der Waals surface area contributed by atoms with Gasteiger partial charge in [-0.05, 0) is 30.3 Å². The third kappa shape index (κ3) is 3.54. The topological polar surface area (TPSA) is 85.0 Å². The first-order valence-corrected chi connectivity index (χ1v) is 8.24. The van der Waals surface area contributed by atoms with Crippen LogP contribution in [0.3, 0.4) is 0 Å². The average molecular weight is 388 g/mol. The number of fused-ring (bicyclic) bond motifs is 1. The van der Waals surface area contributed by atoms with E-state index in [9.17, 15) is 9.59 Å². The molecule has 1 heterocycles. The van der Waals surface area contributed by atoms with Crippen molar-refractivity contribution in [2.24, 2.45) is 0 Å². The fourth-order valence-corrected chi connectivity index (χ4v) is 2.69. The van der Waals surface area contributed by atoms with Gasteiger partial charge in [-0.2, -0.15) is 5.26 Å². The predicted molar refractivity (Wildman–Crippen MR) is 97.2 cm³/mol. The van der Waals surface area contributed by atoms with E-state index in [-0.39, 0.29) is 35.1 Å². The lowest BCUT2D eigenvalue weighted by Gasteiger charge is -2.11. The van der Waals surface area contributed by atoms with Crippen LogP contribution in [0.2, 0.25) is 10.0 Å². The summed E-state index contributed by atoms with van der Waals surface area (Å²) in [5, 5.41) is 9.92. The van der Waals surface area contributed by atoms with Crippen molar-refractivity contribution in [3.05, 3.63) is 74.3 Å². The minimum Gasteiger partial charge on any atom is -0.454 e. The molecule has 26 heavy (non-hydrogen) atoms. The zero-order chi connectivity index (χ0) is 18.7. The molecule has 3 rings (SSSR count). The maximum Gasteiger partial charge on any atom is 0.338 e. The Bertz CT molecular complexity index is 1100. The summed E-state index contributed by atoms with van der Waals surface area (Å²) in [5.41, 5.74) is 0.319. The Morgan fingerprint density at radius 2 is 1.96 bits per heavy atom. The Morgan fingerprint density at radius 3 is 2.69 bits per heavy atom. The second-order valence-corrected chi connectivity index (χ2v) is 6.11. The highest BCUT2D eigenvalue weighted by molar-refractivity contribution is 6.42. The Labute approximate surface area is 158 Å². The van der Waals surface area contributed by atoms with Gasteiger partial charge < -0.3 is 4.74 Å². The van der Waals surface area contributed by atoms with Crippen LogP contribution in [0.1, 0.15) is 16.2 Å². The van der Waals surface area contributed by atoms with Crippen LogP contribution in [-0.2, 0) is 17.9 Å². The molecule has 0 spiro atoms. The number of benzene rings is 2. The minimum atomic E-state index is -0.644. The number of halogens is 2. The molecule has 130 valence electrons. The van der Waals surface area contributed by atoms with E-state index in [1.54, 1.807) is 24.3 Å². The number of hydrogen-bond donors (Lipinski definition) is 0. The monoisotopic (exact) mass is 387 g/mol. The van der Waals surface area contributed by atoms with Crippen molar-refractivity contribution < 1.29 is 9.53 Å². The van der Waals surface area contributed by atoms with Gasteiger partial charge in [0, 0.05) is 0 Å². The van der Waals surface area contributed by atoms with Crippen LogP contribution >= 0.6 is 23.2 Å². The van der Waals surface area contributed by atoms with Crippen molar-refractivity contribution in [1.82, 2.24) is 9.55 Å². The molecular formula is C18H11Cl2N3O3. The van der Waals surface area contributed by atoms with Gasteiger partial charge in [0.2, 0.25) is 0 Å². The lowest BCUT2D eigenvalue weighted by atomic mass is 10.2. The fraction of sp³-hybridized carbons (Fsp3) is 0.111. The molecule has 2 aromatic carbocycles. The zero-order valence-corrected chi connectivity index (χ0v) is 14.8. The van der Waals surface area contributed by atoms with Crippen LogP contribution in [0.4, 0.5) is 0 Å². The van der Waals surface area contributed by atoms with E-state index in [0.29, 0.717) is 15.9 Å². The molecule has 0 aliphatic heterocycles. The van der Waals surface area contributed by atoms with E-state index < -0.39 is 5.97 Å². The van der Waals surface area contributed by atoms with Gasteiger partial charge in [-0.1, -0.05) is 35.3 Å². The van der Waals surface area contributed by atoms with E-state index in [0.717, 1.165) is 0 Å². The van der Waals surface area contributed by atoms with Crippen molar-refractivity contribution in [3.8, 4) is 6.07 Å². The van der Waals surface area contributed by atoms with Gasteiger partial charge in [-0.3, -0.25) is 9.36 Å². The van der Waals surface area contributed by atoms with E-state index in [1.807, 2.05) is 6.07 Å². The molecule has 0 N–H and O–H groups in total. The normalized spacial score (nSPS) is 10.5. The predicted octanol–water partition coefficient (Wildman–Crippen LogP) is 3.58. The van der Waals surface area contributed by atoms with Crippen LogP contribution in [0.15, 0.2) is 47.3 Å². The first-order valence-electron chi connectivity index (χ1n) is 7.49. The number of carbonyl (C=O) groups excluding carboxylic acids is 1. The summed E-state index contributed by atoms with van der Waals surface area (Å²) in [6.07, 6.45) is 0. The quantitative estimate of drug-likeness (QED) is 0.638. The summed E-state index contributed by atoms with van der Waals surface area (Å²) in [5.74, 6) is -0.460. The van der Waals surface area contributed by atoms with Crippen LogP contribution in [-0.4, -0.2) is 15.5 Å². The molecule has 0 bridgehead atoms. The second-order valence-electron chi connectivity index (χ2n) is 5.30. The van der Waals surface area contributed by atoms with Crippen molar-refractivity contribution in [3.63, 3.8) is 0 Å². The standard InChI is InChI=1S/C18H11Cl2N3O3/c19-13-6-5-11(9-14(13)20)18(25)26-10-16-22-15-4-2-1-3-12(15)17(24)23(16)8-7-21/h1-6,9H,8,10H2. The zero-order valence-electron chi connectivity index (χ0n) is 13.3. The molecule has 3 aromatic rings. The van der Waals surface area contributed by atoms with Crippen LogP contribution in [0.5, 0.6) is 0 Å². The van der Waals surface area contributed by atoms with Gasteiger partial charge in [-0.25, -0.2) is 9.78 Å².